The van der Waals surface area contributed by atoms with Crippen molar-refractivity contribution >= 4 is 43.1 Å². The molecule has 10 aromatic carbocycles. The molecule has 0 heteroatoms. The minimum Gasteiger partial charge on any atom is -0.0619 e. The van der Waals surface area contributed by atoms with E-state index >= 15 is 0 Å². The van der Waals surface area contributed by atoms with E-state index in [2.05, 4.69) is 210 Å². The fourth-order valence-electron chi connectivity index (χ4n) is 11.1. The minimum absolute atomic E-state index is 0.108. The highest BCUT2D eigenvalue weighted by Crippen LogP contribution is 2.56. The maximum Gasteiger partial charge on any atom is 0.0165 e. The summed E-state index contributed by atoms with van der Waals surface area (Å²) in [4.78, 5) is 0. The highest BCUT2D eigenvalue weighted by molar-refractivity contribution is 6.24. The maximum atomic E-state index is 2.53. The van der Waals surface area contributed by atoms with Crippen LogP contribution in [0.15, 0.2) is 182 Å². The summed E-state index contributed by atoms with van der Waals surface area (Å²) in [6.07, 6.45) is 0. The zero-order valence-corrected chi connectivity index (χ0v) is 33.3. The van der Waals surface area contributed by atoms with Crippen molar-refractivity contribution in [3.63, 3.8) is 0 Å². The Morgan fingerprint density at radius 2 is 0.776 bits per heavy atom. The van der Waals surface area contributed by atoms with Gasteiger partial charge in [-0.05, 0) is 139 Å². The molecule has 10 aromatic rings. The van der Waals surface area contributed by atoms with Crippen LogP contribution in [-0.2, 0) is 10.8 Å². The van der Waals surface area contributed by atoms with E-state index in [1.807, 2.05) is 0 Å². The van der Waals surface area contributed by atoms with Crippen LogP contribution in [0.1, 0.15) is 49.9 Å². The Hall–Kier alpha value is -6.76. The van der Waals surface area contributed by atoms with Crippen LogP contribution < -0.4 is 0 Å². The molecule has 2 aliphatic rings. The van der Waals surface area contributed by atoms with E-state index in [4.69, 9.17) is 0 Å². The molecule has 0 radical (unpaired) electrons. The number of benzene rings is 10. The molecule has 0 spiro atoms. The molecule has 0 fully saturated rings. The Morgan fingerprint density at radius 3 is 1.45 bits per heavy atom. The van der Waals surface area contributed by atoms with E-state index in [1.165, 1.54) is 121 Å². The van der Waals surface area contributed by atoms with E-state index in [1.54, 1.807) is 0 Å². The van der Waals surface area contributed by atoms with Gasteiger partial charge in [0.15, 0.2) is 0 Å². The van der Waals surface area contributed by atoms with Crippen molar-refractivity contribution in [2.75, 3.05) is 0 Å². The number of rotatable bonds is 3. The van der Waals surface area contributed by atoms with E-state index in [9.17, 15) is 0 Å². The van der Waals surface area contributed by atoms with Crippen LogP contribution in [0, 0.1) is 0 Å². The Kier molecular flexibility index (Phi) is 6.84. The van der Waals surface area contributed by atoms with Crippen LogP contribution in [0.2, 0.25) is 0 Å². The summed E-state index contributed by atoms with van der Waals surface area (Å²) < 4.78 is 0. The summed E-state index contributed by atoms with van der Waals surface area (Å²) >= 11 is 0. The van der Waals surface area contributed by atoms with E-state index < -0.39 is 0 Å². The van der Waals surface area contributed by atoms with Gasteiger partial charge in [0, 0.05) is 10.8 Å². The Bertz CT molecular complexity index is 3320. The SMILES string of the molecule is CC1(C)c2ccccc2-c2c1cc(-c1c3ccccc3c(-c3ccc(-c4cccc5c4C(C)(C)c4cc6ccccc6cc4-5)cc3)c3ccccc13)c1ccccc21. The third-order valence-corrected chi connectivity index (χ3v) is 13.8. The number of hydrogen-bond acceptors (Lipinski definition) is 0. The summed E-state index contributed by atoms with van der Waals surface area (Å²) in [5.74, 6) is 0. The van der Waals surface area contributed by atoms with Gasteiger partial charge in [-0.3, -0.25) is 0 Å². The number of fused-ring (bicyclic) bond motifs is 11. The van der Waals surface area contributed by atoms with Crippen molar-refractivity contribution in [3.8, 4) is 55.6 Å². The first kappa shape index (κ1) is 33.4. The predicted octanol–water partition coefficient (Wildman–Crippen LogP) is 15.9. The molecule has 0 unspecified atom stereocenters. The van der Waals surface area contributed by atoms with Gasteiger partial charge in [0.2, 0.25) is 0 Å². The van der Waals surface area contributed by atoms with Gasteiger partial charge in [0.25, 0.3) is 0 Å². The fraction of sp³-hybridized carbons (Fsp3) is 0.103. The molecule has 0 aliphatic heterocycles. The van der Waals surface area contributed by atoms with Crippen LogP contribution in [0.4, 0.5) is 0 Å². The summed E-state index contributed by atoms with van der Waals surface area (Å²) in [6.45, 7) is 9.58. The summed E-state index contributed by atoms with van der Waals surface area (Å²) in [6, 6.07) is 68.7. The van der Waals surface area contributed by atoms with Crippen LogP contribution in [0.3, 0.4) is 0 Å². The molecule has 274 valence electrons. The van der Waals surface area contributed by atoms with Crippen molar-refractivity contribution in [1.82, 2.24) is 0 Å². The summed E-state index contributed by atoms with van der Waals surface area (Å²) in [5, 5.41) is 10.3. The van der Waals surface area contributed by atoms with Crippen LogP contribution in [0.5, 0.6) is 0 Å². The summed E-state index contributed by atoms with van der Waals surface area (Å²) in [7, 11) is 0. The van der Waals surface area contributed by atoms with Gasteiger partial charge >= 0.3 is 0 Å². The molecule has 0 aromatic heterocycles. The standard InChI is InChI=1S/C58H42/c1-57(2)50-27-14-13-24-47(50)55-41-19-8-7-18-40(41)49(34-52(55)57)54-44-22-11-9-20-42(44)53(43-21-10-12-23-45(43)54)36-30-28-35(29-31-36)39-25-15-26-46-48-32-37-16-5-6-17-38(37)33-51(48)58(3,4)56(39)46/h5-34H,1-4H3. The monoisotopic (exact) mass is 738 g/mol. The molecule has 0 amide bonds. The summed E-state index contributed by atoms with van der Waals surface area (Å²) in [5.41, 5.74) is 18.6. The van der Waals surface area contributed by atoms with Crippen LogP contribution in [-0.4, -0.2) is 0 Å². The molecule has 2 aliphatic carbocycles. The van der Waals surface area contributed by atoms with Gasteiger partial charge < -0.3 is 0 Å². The van der Waals surface area contributed by atoms with Crippen LogP contribution >= 0.6 is 0 Å². The highest BCUT2D eigenvalue weighted by Gasteiger charge is 2.39. The quantitative estimate of drug-likeness (QED) is 0.158. The molecule has 0 heterocycles. The average molecular weight is 739 g/mol. The molecule has 0 nitrogen and oxygen atoms in total. The largest absolute Gasteiger partial charge is 0.0619 e. The molecular weight excluding hydrogens is 697 g/mol. The van der Waals surface area contributed by atoms with E-state index in [0.717, 1.165) is 0 Å². The Labute approximate surface area is 340 Å². The van der Waals surface area contributed by atoms with Crippen molar-refractivity contribution < 1.29 is 0 Å². The lowest BCUT2D eigenvalue weighted by molar-refractivity contribution is 0.661. The topological polar surface area (TPSA) is 0 Å². The van der Waals surface area contributed by atoms with E-state index in [0.29, 0.717) is 0 Å². The van der Waals surface area contributed by atoms with Crippen molar-refractivity contribution in [2.45, 2.75) is 38.5 Å². The Balaban J connectivity index is 1.05. The molecular formula is C58H42. The van der Waals surface area contributed by atoms with Gasteiger partial charge in [-0.2, -0.15) is 0 Å². The second-order valence-electron chi connectivity index (χ2n) is 17.6. The first-order valence-corrected chi connectivity index (χ1v) is 20.7. The smallest absolute Gasteiger partial charge is 0.0165 e. The van der Waals surface area contributed by atoms with Gasteiger partial charge in [0.1, 0.15) is 0 Å². The van der Waals surface area contributed by atoms with Gasteiger partial charge in [-0.15, -0.1) is 0 Å². The van der Waals surface area contributed by atoms with Crippen molar-refractivity contribution in [2.24, 2.45) is 0 Å². The third kappa shape index (κ3) is 4.46. The Morgan fingerprint density at radius 1 is 0.276 bits per heavy atom. The lowest BCUT2D eigenvalue weighted by Gasteiger charge is -2.25. The van der Waals surface area contributed by atoms with Gasteiger partial charge in [-0.1, -0.05) is 191 Å². The average Bonchev–Trinajstić information content (AvgIpc) is 3.63. The molecule has 0 N–H and O–H groups in total. The normalized spacial score (nSPS) is 14.5. The predicted molar refractivity (Wildman–Crippen MR) is 248 cm³/mol. The van der Waals surface area contributed by atoms with E-state index in [-0.39, 0.29) is 10.8 Å². The minimum atomic E-state index is -0.119. The molecule has 0 atom stereocenters. The molecule has 0 saturated heterocycles. The molecule has 0 saturated carbocycles. The second kappa shape index (κ2) is 11.9. The zero-order chi connectivity index (χ0) is 38.9. The van der Waals surface area contributed by atoms with Gasteiger partial charge in [0.05, 0.1) is 0 Å². The first-order valence-electron chi connectivity index (χ1n) is 20.7. The zero-order valence-electron chi connectivity index (χ0n) is 33.3. The molecule has 58 heavy (non-hydrogen) atoms. The first-order chi connectivity index (χ1) is 28.3. The lowest BCUT2D eigenvalue weighted by Crippen LogP contribution is -2.16. The third-order valence-electron chi connectivity index (χ3n) is 13.8. The highest BCUT2D eigenvalue weighted by atomic mass is 14.4. The number of hydrogen-bond donors (Lipinski definition) is 0. The van der Waals surface area contributed by atoms with Gasteiger partial charge in [-0.25, -0.2) is 0 Å². The molecule has 12 rings (SSSR count). The molecule has 0 bridgehead atoms. The fourth-order valence-corrected chi connectivity index (χ4v) is 11.1. The van der Waals surface area contributed by atoms with Crippen molar-refractivity contribution in [1.29, 1.82) is 0 Å². The maximum absolute atomic E-state index is 2.53. The van der Waals surface area contributed by atoms with Crippen LogP contribution in [0.25, 0.3) is 98.7 Å². The van der Waals surface area contributed by atoms with Crippen molar-refractivity contribution in [3.05, 3.63) is 204 Å². The second-order valence-corrected chi connectivity index (χ2v) is 17.6. The lowest BCUT2D eigenvalue weighted by atomic mass is 9.78.